The first-order valence-electron chi connectivity index (χ1n) is 9.80. The van der Waals surface area contributed by atoms with Gasteiger partial charge in [-0.25, -0.2) is 4.98 Å². The number of furan rings is 1. The smallest absolute Gasteiger partial charge is 0.245 e. The van der Waals surface area contributed by atoms with Crippen molar-refractivity contribution in [2.24, 2.45) is 13.0 Å². The van der Waals surface area contributed by atoms with Crippen molar-refractivity contribution < 1.29 is 14.0 Å². The lowest BCUT2D eigenvalue weighted by Crippen LogP contribution is -2.50. The molecule has 1 unspecified atom stereocenters. The highest BCUT2D eigenvalue weighted by Crippen LogP contribution is 2.19. The third-order valence-corrected chi connectivity index (χ3v) is 4.79. The van der Waals surface area contributed by atoms with Gasteiger partial charge in [-0.1, -0.05) is 19.9 Å². The molecule has 0 aliphatic carbocycles. The van der Waals surface area contributed by atoms with Gasteiger partial charge < -0.3 is 19.2 Å². The van der Waals surface area contributed by atoms with E-state index in [4.69, 9.17) is 4.42 Å². The number of carbonyl (C=O) groups excluding carboxylic acids is 2. The normalized spacial score (nSPS) is 12.3. The molecule has 2 heterocycles. The monoisotopic (exact) mass is 396 g/mol. The molecule has 1 N–H and O–H groups in total. The van der Waals surface area contributed by atoms with Gasteiger partial charge in [-0.15, -0.1) is 0 Å². The first-order chi connectivity index (χ1) is 13.8. The van der Waals surface area contributed by atoms with E-state index in [0.717, 1.165) is 22.2 Å². The van der Waals surface area contributed by atoms with Crippen molar-refractivity contribution in [3.05, 3.63) is 54.3 Å². The van der Waals surface area contributed by atoms with Crippen LogP contribution in [-0.4, -0.2) is 38.9 Å². The van der Waals surface area contributed by atoms with E-state index in [1.807, 2.05) is 40.8 Å². The Morgan fingerprint density at radius 2 is 2.07 bits per heavy atom. The van der Waals surface area contributed by atoms with Crippen LogP contribution in [0.2, 0.25) is 0 Å². The third kappa shape index (κ3) is 5.25. The number of hydrogen-bond donors (Lipinski definition) is 1. The van der Waals surface area contributed by atoms with Crippen LogP contribution in [0.5, 0.6) is 0 Å². The number of rotatable bonds is 8. The molecule has 0 radical (unpaired) electrons. The van der Waals surface area contributed by atoms with Crippen molar-refractivity contribution in [2.75, 3.05) is 6.54 Å². The minimum atomic E-state index is -0.640. The first-order valence-corrected chi connectivity index (χ1v) is 9.80. The van der Waals surface area contributed by atoms with Crippen molar-refractivity contribution in [3.63, 3.8) is 0 Å². The molecule has 2 aromatic heterocycles. The molecule has 2 amide bonds. The molecule has 0 bridgehead atoms. The SMILES string of the molecule is CC(=O)NC(Cc1cncn1C)C(=O)N(Cc1ccc2occc2c1)CC(C)C. The molecule has 0 spiro atoms. The summed E-state index contributed by atoms with van der Waals surface area (Å²) in [4.78, 5) is 31.1. The summed E-state index contributed by atoms with van der Waals surface area (Å²) in [6.07, 6.45) is 5.47. The molecule has 0 fully saturated rings. The van der Waals surface area contributed by atoms with Crippen LogP contribution >= 0.6 is 0 Å². The van der Waals surface area contributed by atoms with Gasteiger partial charge in [0.15, 0.2) is 0 Å². The zero-order valence-corrected chi connectivity index (χ0v) is 17.4. The number of nitrogens with zero attached hydrogens (tertiary/aromatic N) is 3. The lowest BCUT2D eigenvalue weighted by Gasteiger charge is -2.29. The van der Waals surface area contributed by atoms with E-state index >= 15 is 0 Å². The predicted molar refractivity (Wildman–Crippen MR) is 111 cm³/mol. The van der Waals surface area contributed by atoms with Crippen molar-refractivity contribution in [1.82, 2.24) is 19.8 Å². The molecule has 0 aliphatic rings. The van der Waals surface area contributed by atoms with Crippen LogP contribution in [-0.2, 0) is 29.6 Å². The summed E-state index contributed by atoms with van der Waals surface area (Å²) >= 11 is 0. The molecule has 3 rings (SSSR count). The number of imidazole rings is 1. The maximum Gasteiger partial charge on any atom is 0.245 e. The number of aromatic nitrogens is 2. The summed E-state index contributed by atoms with van der Waals surface area (Å²) in [7, 11) is 1.88. The molecule has 1 atom stereocenters. The van der Waals surface area contributed by atoms with Crippen molar-refractivity contribution >= 4 is 22.8 Å². The summed E-state index contributed by atoms with van der Waals surface area (Å²) in [5.74, 6) is -0.0245. The van der Waals surface area contributed by atoms with Gasteiger partial charge >= 0.3 is 0 Å². The van der Waals surface area contributed by atoms with Crippen molar-refractivity contribution in [2.45, 2.75) is 39.8 Å². The third-order valence-electron chi connectivity index (χ3n) is 4.79. The highest BCUT2D eigenvalue weighted by atomic mass is 16.3. The molecule has 3 aromatic rings. The van der Waals surface area contributed by atoms with E-state index in [9.17, 15) is 9.59 Å². The minimum Gasteiger partial charge on any atom is -0.464 e. The lowest BCUT2D eigenvalue weighted by atomic mass is 10.1. The fraction of sp³-hybridized carbons (Fsp3) is 0.409. The number of fused-ring (bicyclic) bond motifs is 1. The fourth-order valence-corrected chi connectivity index (χ4v) is 3.46. The number of hydrogen-bond acceptors (Lipinski definition) is 4. The quantitative estimate of drug-likeness (QED) is 0.635. The molecule has 7 heteroatoms. The molecule has 0 saturated heterocycles. The number of carbonyl (C=O) groups is 2. The van der Waals surface area contributed by atoms with Gasteiger partial charge in [0.2, 0.25) is 11.8 Å². The second kappa shape index (κ2) is 8.94. The van der Waals surface area contributed by atoms with Crippen LogP contribution < -0.4 is 5.32 Å². The zero-order chi connectivity index (χ0) is 21.0. The summed E-state index contributed by atoms with van der Waals surface area (Å²) in [5, 5.41) is 3.83. The van der Waals surface area contributed by atoms with Gasteiger partial charge in [-0.05, 0) is 29.7 Å². The largest absolute Gasteiger partial charge is 0.464 e. The zero-order valence-electron chi connectivity index (χ0n) is 17.4. The van der Waals surface area contributed by atoms with Gasteiger partial charge in [0.1, 0.15) is 11.6 Å². The average molecular weight is 396 g/mol. The Morgan fingerprint density at radius 3 is 2.72 bits per heavy atom. The Morgan fingerprint density at radius 1 is 1.28 bits per heavy atom. The van der Waals surface area contributed by atoms with Gasteiger partial charge in [-0.3, -0.25) is 9.59 Å². The second-order valence-corrected chi connectivity index (χ2v) is 7.86. The topological polar surface area (TPSA) is 80.4 Å². The molecule has 0 saturated carbocycles. The van der Waals surface area contributed by atoms with Crippen LogP contribution in [0.4, 0.5) is 0 Å². The van der Waals surface area contributed by atoms with E-state index < -0.39 is 6.04 Å². The molecular weight excluding hydrogens is 368 g/mol. The summed E-state index contributed by atoms with van der Waals surface area (Å²) in [5.41, 5.74) is 2.74. The maximum absolute atomic E-state index is 13.4. The van der Waals surface area contributed by atoms with E-state index in [-0.39, 0.29) is 11.8 Å². The Hall–Kier alpha value is -3.09. The van der Waals surface area contributed by atoms with Gasteiger partial charge in [0, 0.05) is 50.8 Å². The highest BCUT2D eigenvalue weighted by Gasteiger charge is 2.27. The molecule has 0 aliphatic heterocycles. The van der Waals surface area contributed by atoms with E-state index in [1.165, 1.54) is 6.92 Å². The van der Waals surface area contributed by atoms with Crippen LogP contribution in [0.3, 0.4) is 0 Å². The summed E-state index contributed by atoms with van der Waals surface area (Å²) < 4.78 is 7.27. The summed E-state index contributed by atoms with van der Waals surface area (Å²) in [6, 6.07) is 7.20. The summed E-state index contributed by atoms with van der Waals surface area (Å²) in [6.45, 7) is 6.66. The molecule has 7 nitrogen and oxygen atoms in total. The second-order valence-electron chi connectivity index (χ2n) is 7.86. The predicted octanol–water partition coefficient (Wildman–Crippen LogP) is 2.90. The van der Waals surface area contributed by atoms with Crippen LogP contribution in [0, 0.1) is 5.92 Å². The van der Waals surface area contributed by atoms with Crippen LogP contribution in [0.1, 0.15) is 32.0 Å². The van der Waals surface area contributed by atoms with Gasteiger partial charge in [0.25, 0.3) is 0 Å². The fourth-order valence-electron chi connectivity index (χ4n) is 3.46. The van der Waals surface area contributed by atoms with E-state index in [2.05, 4.69) is 24.1 Å². The average Bonchev–Trinajstić information content (AvgIpc) is 3.28. The number of amides is 2. The van der Waals surface area contributed by atoms with Crippen molar-refractivity contribution in [3.8, 4) is 0 Å². The number of benzene rings is 1. The lowest BCUT2D eigenvalue weighted by molar-refractivity contribution is -0.137. The Labute approximate surface area is 170 Å². The van der Waals surface area contributed by atoms with Crippen LogP contribution in [0.15, 0.2) is 47.5 Å². The standard InChI is InChI=1S/C22H28N4O3/c1-15(2)12-26(13-17-5-6-21-18(9-17)7-8-29-21)22(28)20(24-16(3)27)10-19-11-23-14-25(19)4/h5-9,11,14-15,20H,10,12-13H2,1-4H3,(H,24,27). The van der Waals surface area contributed by atoms with Gasteiger partial charge in [-0.2, -0.15) is 0 Å². The Bertz CT molecular complexity index is 989. The van der Waals surface area contributed by atoms with E-state index in [1.54, 1.807) is 18.8 Å². The first kappa shape index (κ1) is 20.6. The van der Waals surface area contributed by atoms with Crippen LogP contribution in [0.25, 0.3) is 11.0 Å². The highest BCUT2D eigenvalue weighted by molar-refractivity contribution is 5.87. The maximum atomic E-state index is 13.4. The molecule has 154 valence electrons. The molecule has 1 aromatic carbocycles. The van der Waals surface area contributed by atoms with E-state index in [0.29, 0.717) is 25.4 Å². The Balaban J connectivity index is 1.84. The molecule has 29 heavy (non-hydrogen) atoms. The van der Waals surface area contributed by atoms with Gasteiger partial charge in [0.05, 0.1) is 12.6 Å². The number of nitrogens with one attached hydrogen (secondary N) is 1. The van der Waals surface area contributed by atoms with Crippen molar-refractivity contribution in [1.29, 1.82) is 0 Å². The molecular formula is C22H28N4O3. The Kier molecular flexibility index (Phi) is 6.36. The number of aryl methyl sites for hydroxylation is 1. The minimum absolute atomic E-state index is 0.0950.